The van der Waals surface area contributed by atoms with Crippen LogP contribution in [-0.2, 0) is 14.6 Å². The molecule has 0 saturated heterocycles. The van der Waals surface area contributed by atoms with E-state index in [-0.39, 0.29) is 10.1 Å². The number of sulfone groups is 1. The molecule has 21 heavy (non-hydrogen) atoms. The number of hydrogen-bond acceptors (Lipinski definition) is 5. The molecular weight excluding hydrogens is 310 g/mol. The van der Waals surface area contributed by atoms with Crippen molar-refractivity contribution in [3.05, 3.63) is 24.3 Å². The van der Waals surface area contributed by atoms with Crippen LogP contribution in [0.1, 0.15) is 20.3 Å². The second-order valence-corrected chi connectivity index (χ2v) is 8.79. The van der Waals surface area contributed by atoms with Crippen LogP contribution in [0.25, 0.3) is 0 Å². The number of benzene rings is 1. The van der Waals surface area contributed by atoms with E-state index in [1.165, 1.54) is 18.0 Å². The minimum Gasteiger partial charge on any atom is -0.480 e. The van der Waals surface area contributed by atoms with Gasteiger partial charge in [-0.05, 0) is 44.7 Å². The van der Waals surface area contributed by atoms with Crippen molar-refractivity contribution in [1.29, 1.82) is 0 Å². The van der Waals surface area contributed by atoms with Gasteiger partial charge in [0.2, 0.25) is 0 Å². The largest absolute Gasteiger partial charge is 0.480 e. The first-order valence-corrected chi connectivity index (χ1v) is 9.24. The summed E-state index contributed by atoms with van der Waals surface area (Å²) in [5.41, 5.74) is -0.973. The standard InChI is InChI=1S/C14H21NO4S2/c1-10(9-14(2,15-3)13(16)17)20-11-5-7-12(8-6-11)21(4,18)19/h5-8,10,15H,9H2,1-4H3,(H,16,17). The number of nitrogens with one attached hydrogen (secondary N) is 1. The SMILES string of the molecule is CNC(C)(CC(C)Sc1ccc(S(C)(=O)=O)cc1)C(=O)O. The van der Waals surface area contributed by atoms with Gasteiger partial charge >= 0.3 is 5.97 Å². The van der Waals surface area contributed by atoms with Crippen LogP contribution in [0.4, 0.5) is 0 Å². The summed E-state index contributed by atoms with van der Waals surface area (Å²) in [7, 11) is -1.56. The summed E-state index contributed by atoms with van der Waals surface area (Å²) in [6.45, 7) is 3.60. The van der Waals surface area contributed by atoms with Crippen molar-refractivity contribution in [1.82, 2.24) is 5.32 Å². The van der Waals surface area contributed by atoms with E-state index in [1.54, 1.807) is 38.2 Å². The maximum absolute atomic E-state index is 11.4. The van der Waals surface area contributed by atoms with E-state index in [4.69, 9.17) is 0 Å². The zero-order chi connectivity index (χ0) is 16.3. The van der Waals surface area contributed by atoms with Gasteiger partial charge in [-0.1, -0.05) is 6.92 Å². The maximum Gasteiger partial charge on any atom is 0.323 e. The Balaban J connectivity index is 2.76. The van der Waals surface area contributed by atoms with Crippen molar-refractivity contribution >= 4 is 27.6 Å². The van der Waals surface area contributed by atoms with Crippen LogP contribution in [0.5, 0.6) is 0 Å². The van der Waals surface area contributed by atoms with Gasteiger partial charge in [0.25, 0.3) is 0 Å². The number of carboxylic acid groups (broad SMARTS) is 1. The van der Waals surface area contributed by atoms with Crippen molar-refractivity contribution in [2.75, 3.05) is 13.3 Å². The highest BCUT2D eigenvalue weighted by molar-refractivity contribution is 8.00. The molecular formula is C14H21NO4S2. The summed E-state index contributed by atoms with van der Waals surface area (Å²) in [4.78, 5) is 12.5. The molecule has 0 aliphatic rings. The second-order valence-electron chi connectivity index (χ2n) is 5.26. The van der Waals surface area contributed by atoms with E-state index in [9.17, 15) is 18.3 Å². The lowest BCUT2D eigenvalue weighted by Gasteiger charge is -2.27. The van der Waals surface area contributed by atoms with Gasteiger partial charge in [0.15, 0.2) is 9.84 Å². The maximum atomic E-state index is 11.4. The predicted molar refractivity (Wildman–Crippen MR) is 84.6 cm³/mol. The molecule has 1 aromatic carbocycles. The zero-order valence-electron chi connectivity index (χ0n) is 12.6. The van der Waals surface area contributed by atoms with Crippen LogP contribution in [0.2, 0.25) is 0 Å². The Morgan fingerprint density at radius 2 is 1.90 bits per heavy atom. The fraction of sp³-hybridized carbons (Fsp3) is 0.500. The Bertz CT molecular complexity index is 598. The molecule has 0 aliphatic heterocycles. The lowest BCUT2D eigenvalue weighted by molar-refractivity contribution is -0.144. The highest BCUT2D eigenvalue weighted by Crippen LogP contribution is 2.29. The smallest absolute Gasteiger partial charge is 0.323 e. The van der Waals surface area contributed by atoms with Crippen molar-refractivity contribution in [2.24, 2.45) is 0 Å². The molecule has 0 saturated carbocycles. The molecule has 0 spiro atoms. The third kappa shape index (κ3) is 5.01. The first kappa shape index (κ1) is 18.0. The van der Waals surface area contributed by atoms with E-state index in [2.05, 4.69) is 5.32 Å². The molecule has 2 N–H and O–H groups in total. The van der Waals surface area contributed by atoms with Crippen LogP contribution in [0.15, 0.2) is 34.1 Å². The van der Waals surface area contributed by atoms with Crippen molar-refractivity contribution in [3.8, 4) is 0 Å². The molecule has 0 radical (unpaired) electrons. The van der Waals surface area contributed by atoms with Crippen LogP contribution in [0, 0.1) is 0 Å². The predicted octanol–water partition coefficient (Wildman–Crippen LogP) is 2.02. The Morgan fingerprint density at radius 1 is 1.38 bits per heavy atom. The van der Waals surface area contributed by atoms with Crippen LogP contribution in [-0.4, -0.2) is 43.6 Å². The molecule has 1 rings (SSSR count). The van der Waals surface area contributed by atoms with E-state index in [0.29, 0.717) is 6.42 Å². The molecule has 1 aromatic rings. The van der Waals surface area contributed by atoms with Gasteiger partial charge in [0.1, 0.15) is 5.54 Å². The highest BCUT2D eigenvalue weighted by atomic mass is 32.2. The molecule has 0 amide bonds. The average Bonchev–Trinajstić information content (AvgIpc) is 2.37. The van der Waals surface area contributed by atoms with Crippen molar-refractivity contribution in [3.63, 3.8) is 0 Å². The van der Waals surface area contributed by atoms with E-state index < -0.39 is 21.3 Å². The summed E-state index contributed by atoms with van der Waals surface area (Å²) < 4.78 is 22.8. The lowest BCUT2D eigenvalue weighted by Crippen LogP contribution is -2.49. The topological polar surface area (TPSA) is 83.5 Å². The molecule has 0 aromatic heterocycles. The van der Waals surface area contributed by atoms with Gasteiger partial charge in [-0.3, -0.25) is 4.79 Å². The van der Waals surface area contributed by atoms with E-state index in [1.807, 2.05) is 6.92 Å². The number of likely N-dealkylation sites (N-methyl/N-ethyl adjacent to an activating group) is 1. The highest BCUT2D eigenvalue weighted by Gasteiger charge is 2.33. The third-order valence-electron chi connectivity index (χ3n) is 3.31. The molecule has 0 aliphatic carbocycles. The normalized spacial score (nSPS) is 16.2. The van der Waals surface area contributed by atoms with Crippen LogP contribution >= 0.6 is 11.8 Å². The number of carboxylic acids is 1. The van der Waals surface area contributed by atoms with Gasteiger partial charge in [-0.25, -0.2) is 8.42 Å². The Labute approximate surface area is 130 Å². The van der Waals surface area contributed by atoms with Gasteiger partial charge in [-0.2, -0.15) is 0 Å². The molecule has 2 unspecified atom stereocenters. The zero-order valence-corrected chi connectivity index (χ0v) is 14.2. The molecule has 5 nitrogen and oxygen atoms in total. The summed E-state index contributed by atoms with van der Waals surface area (Å²) >= 11 is 1.52. The Morgan fingerprint density at radius 3 is 2.29 bits per heavy atom. The van der Waals surface area contributed by atoms with E-state index in [0.717, 1.165) is 4.90 Å². The fourth-order valence-electron chi connectivity index (χ4n) is 1.91. The Hall–Kier alpha value is -1.05. The quantitative estimate of drug-likeness (QED) is 0.744. The minimum atomic E-state index is -3.19. The Kier molecular flexibility index (Phi) is 5.83. The second kappa shape index (κ2) is 6.81. The molecule has 0 heterocycles. The number of rotatable bonds is 7. The molecule has 118 valence electrons. The first-order chi connectivity index (χ1) is 9.58. The van der Waals surface area contributed by atoms with E-state index >= 15 is 0 Å². The van der Waals surface area contributed by atoms with Crippen LogP contribution in [0.3, 0.4) is 0 Å². The monoisotopic (exact) mass is 331 g/mol. The van der Waals surface area contributed by atoms with Gasteiger partial charge in [0.05, 0.1) is 4.90 Å². The summed E-state index contributed by atoms with van der Waals surface area (Å²) in [6.07, 6.45) is 1.63. The third-order valence-corrected chi connectivity index (χ3v) is 5.55. The fourth-order valence-corrected chi connectivity index (χ4v) is 3.72. The van der Waals surface area contributed by atoms with Gasteiger partial charge in [0, 0.05) is 16.4 Å². The first-order valence-electron chi connectivity index (χ1n) is 6.47. The van der Waals surface area contributed by atoms with Crippen molar-refractivity contribution < 1.29 is 18.3 Å². The summed E-state index contributed by atoms with van der Waals surface area (Å²) in [5, 5.41) is 12.1. The minimum absolute atomic E-state index is 0.0719. The molecule has 7 heteroatoms. The number of carbonyl (C=O) groups is 1. The number of hydrogen-bond donors (Lipinski definition) is 2. The molecule has 0 fully saturated rings. The molecule has 2 atom stereocenters. The average molecular weight is 331 g/mol. The number of thioether (sulfide) groups is 1. The lowest BCUT2D eigenvalue weighted by atomic mass is 9.96. The number of aliphatic carboxylic acids is 1. The summed E-state index contributed by atoms with van der Waals surface area (Å²) in [6, 6.07) is 6.63. The molecule has 0 bridgehead atoms. The van der Waals surface area contributed by atoms with Crippen LogP contribution < -0.4 is 5.32 Å². The van der Waals surface area contributed by atoms with Gasteiger partial charge in [-0.15, -0.1) is 11.8 Å². The summed E-state index contributed by atoms with van der Waals surface area (Å²) in [5.74, 6) is -0.884. The van der Waals surface area contributed by atoms with Crippen molar-refractivity contribution in [2.45, 2.75) is 40.8 Å². The van der Waals surface area contributed by atoms with Gasteiger partial charge < -0.3 is 10.4 Å².